The standard InChI is InChI=1S/C11H9O2/c12-11(13)9-5-4-8-10-6-2-1-3-7-10/h1-9H. The number of benzene rings is 1. The fourth-order valence-electron chi connectivity index (χ4n) is 0.865. The Labute approximate surface area is 76.8 Å². The van der Waals surface area contributed by atoms with Gasteiger partial charge in [0.2, 0.25) is 0 Å². The van der Waals surface area contributed by atoms with Gasteiger partial charge in [-0.3, -0.25) is 0 Å². The zero-order valence-electron chi connectivity index (χ0n) is 7.01. The van der Waals surface area contributed by atoms with Gasteiger partial charge in [0.1, 0.15) is 0 Å². The summed E-state index contributed by atoms with van der Waals surface area (Å²) in [6, 6.07) is 9.63. The summed E-state index contributed by atoms with van der Waals surface area (Å²) in [5.41, 5.74) is 1.03. The summed E-state index contributed by atoms with van der Waals surface area (Å²) in [5, 5.41) is 9.98. The van der Waals surface area contributed by atoms with Crippen molar-refractivity contribution in [2.45, 2.75) is 0 Å². The monoisotopic (exact) mass is 173 g/mol. The zero-order chi connectivity index (χ0) is 9.52. The molecule has 0 bridgehead atoms. The molecule has 1 radical (unpaired) electrons. The van der Waals surface area contributed by atoms with Gasteiger partial charge in [0, 0.05) is 6.08 Å². The lowest BCUT2D eigenvalue weighted by atomic mass is 10.2. The highest BCUT2D eigenvalue weighted by Crippen LogP contribution is 2.00. The molecule has 2 nitrogen and oxygen atoms in total. The van der Waals surface area contributed by atoms with Crippen molar-refractivity contribution in [2.24, 2.45) is 0 Å². The molecule has 0 saturated carbocycles. The molecule has 0 unspecified atom stereocenters. The fraction of sp³-hybridized carbons (Fsp3) is 0. The molecule has 0 atom stereocenters. The molecule has 0 aliphatic rings. The van der Waals surface area contributed by atoms with Gasteiger partial charge in [-0.15, -0.1) is 0 Å². The van der Waals surface area contributed by atoms with Gasteiger partial charge >= 0.3 is 5.97 Å². The Morgan fingerprint density at radius 2 is 1.77 bits per heavy atom. The van der Waals surface area contributed by atoms with E-state index < -0.39 is 5.97 Å². The molecule has 0 aliphatic carbocycles. The Bertz CT molecular complexity index is 323. The van der Waals surface area contributed by atoms with Gasteiger partial charge in [0.25, 0.3) is 0 Å². The third-order valence-electron chi connectivity index (χ3n) is 1.43. The molecule has 1 aromatic rings. The van der Waals surface area contributed by atoms with Crippen molar-refractivity contribution in [3.8, 4) is 0 Å². The molecule has 0 fully saturated rings. The number of rotatable bonds is 3. The molecule has 0 amide bonds. The van der Waals surface area contributed by atoms with E-state index >= 15 is 0 Å². The Balaban J connectivity index is 2.55. The van der Waals surface area contributed by atoms with Crippen molar-refractivity contribution < 1.29 is 9.90 Å². The van der Waals surface area contributed by atoms with Crippen LogP contribution in [0.4, 0.5) is 0 Å². The molecular formula is C11H9O2. The highest BCUT2D eigenvalue weighted by Gasteiger charge is 1.85. The maximum absolute atomic E-state index is 9.98. The Kier molecular flexibility index (Phi) is 3.51. The fourth-order valence-corrected chi connectivity index (χ4v) is 0.865. The van der Waals surface area contributed by atoms with E-state index in [0.29, 0.717) is 0 Å². The van der Waals surface area contributed by atoms with Crippen molar-refractivity contribution >= 4 is 12.0 Å². The quantitative estimate of drug-likeness (QED) is 0.510. The predicted molar refractivity (Wildman–Crippen MR) is 50.3 cm³/mol. The largest absolute Gasteiger partial charge is 0.379 e. The number of hydrogen-bond acceptors (Lipinski definition) is 1. The third kappa shape index (κ3) is 3.91. The topological polar surface area (TPSA) is 37.0 Å². The summed E-state index contributed by atoms with van der Waals surface area (Å²) in [6.07, 6.45) is 5.90. The van der Waals surface area contributed by atoms with Crippen LogP contribution in [-0.2, 0) is 9.90 Å². The van der Waals surface area contributed by atoms with Crippen LogP contribution in [0.15, 0.2) is 48.6 Å². The summed E-state index contributed by atoms with van der Waals surface area (Å²) in [5.74, 6) is -1.18. The molecule has 1 rings (SSSR count). The smallest absolute Gasteiger partial charge is 0.242 e. The van der Waals surface area contributed by atoms with Crippen molar-refractivity contribution in [3.05, 3.63) is 54.1 Å². The van der Waals surface area contributed by atoms with Crippen LogP contribution in [0.1, 0.15) is 5.56 Å². The van der Waals surface area contributed by atoms with Crippen LogP contribution in [0, 0.1) is 0 Å². The zero-order valence-corrected chi connectivity index (χ0v) is 7.01. The first-order chi connectivity index (χ1) is 6.29. The predicted octanol–water partition coefficient (Wildman–Crippen LogP) is 2.21. The second-order valence-electron chi connectivity index (χ2n) is 2.45. The molecule has 2 heteroatoms. The van der Waals surface area contributed by atoms with Gasteiger partial charge in [-0.1, -0.05) is 48.6 Å². The number of carbonyl (C=O) groups excluding carboxylic acids is 1. The van der Waals surface area contributed by atoms with E-state index in [0.717, 1.165) is 11.6 Å². The van der Waals surface area contributed by atoms with E-state index in [-0.39, 0.29) is 0 Å². The van der Waals surface area contributed by atoms with E-state index in [4.69, 9.17) is 0 Å². The molecule has 0 spiro atoms. The first kappa shape index (κ1) is 9.26. The van der Waals surface area contributed by atoms with Crippen LogP contribution in [0.5, 0.6) is 0 Å². The molecule has 0 saturated heterocycles. The maximum Gasteiger partial charge on any atom is 0.379 e. The van der Waals surface area contributed by atoms with E-state index in [9.17, 15) is 9.90 Å². The van der Waals surface area contributed by atoms with Gasteiger partial charge in [0.15, 0.2) is 0 Å². The molecule has 0 heterocycles. The molecule has 0 N–H and O–H groups in total. The number of carbonyl (C=O) groups is 1. The van der Waals surface area contributed by atoms with Crippen LogP contribution < -0.4 is 0 Å². The van der Waals surface area contributed by atoms with Crippen molar-refractivity contribution in [1.29, 1.82) is 0 Å². The van der Waals surface area contributed by atoms with Gasteiger partial charge in [0.05, 0.1) is 0 Å². The second-order valence-corrected chi connectivity index (χ2v) is 2.45. The maximum atomic E-state index is 9.98. The Hall–Kier alpha value is -1.83. The minimum atomic E-state index is -1.18. The van der Waals surface area contributed by atoms with Crippen LogP contribution in [0.3, 0.4) is 0 Å². The minimum absolute atomic E-state index is 0.986. The molecule has 0 aromatic heterocycles. The van der Waals surface area contributed by atoms with E-state index in [1.165, 1.54) is 6.08 Å². The SMILES string of the molecule is [O]C(=O)C=CC=Cc1ccccc1. The minimum Gasteiger partial charge on any atom is -0.242 e. The lowest BCUT2D eigenvalue weighted by molar-refractivity contribution is -0.137. The molecule has 1 aromatic carbocycles. The average molecular weight is 173 g/mol. The summed E-state index contributed by atoms with van der Waals surface area (Å²) < 4.78 is 0. The lowest BCUT2D eigenvalue weighted by Gasteiger charge is -1.87. The Morgan fingerprint density at radius 3 is 2.38 bits per heavy atom. The second kappa shape index (κ2) is 4.93. The first-order valence-electron chi connectivity index (χ1n) is 3.90. The van der Waals surface area contributed by atoms with E-state index in [2.05, 4.69) is 0 Å². The van der Waals surface area contributed by atoms with Crippen LogP contribution in [0.25, 0.3) is 6.08 Å². The van der Waals surface area contributed by atoms with Gasteiger partial charge in [-0.2, -0.15) is 0 Å². The third-order valence-corrected chi connectivity index (χ3v) is 1.43. The molecular weight excluding hydrogens is 164 g/mol. The van der Waals surface area contributed by atoms with Gasteiger partial charge in [-0.25, -0.2) is 9.90 Å². The highest BCUT2D eigenvalue weighted by atomic mass is 16.4. The first-order valence-corrected chi connectivity index (χ1v) is 3.90. The molecule has 65 valence electrons. The van der Waals surface area contributed by atoms with Gasteiger partial charge in [-0.05, 0) is 5.56 Å². The summed E-state index contributed by atoms with van der Waals surface area (Å²) in [6.45, 7) is 0. The normalized spacial score (nSPS) is 11.1. The van der Waals surface area contributed by atoms with E-state index in [1.54, 1.807) is 6.08 Å². The van der Waals surface area contributed by atoms with Crippen LogP contribution in [0.2, 0.25) is 0 Å². The van der Waals surface area contributed by atoms with Crippen molar-refractivity contribution in [3.63, 3.8) is 0 Å². The summed E-state index contributed by atoms with van der Waals surface area (Å²) >= 11 is 0. The van der Waals surface area contributed by atoms with E-state index in [1.807, 2.05) is 36.4 Å². The summed E-state index contributed by atoms with van der Waals surface area (Å²) in [7, 11) is 0. The van der Waals surface area contributed by atoms with Crippen molar-refractivity contribution in [1.82, 2.24) is 0 Å². The van der Waals surface area contributed by atoms with Crippen molar-refractivity contribution in [2.75, 3.05) is 0 Å². The number of allylic oxidation sites excluding steroid dienone is 2. The highest BCUT2D eigenvalue weighted by molar-refractivity contribution is 5.79. The molecule has 0 aliphatic heterocycles. The molecule has 13 heavy (non-hydrogen) atoms. The number of hydrogen-bond donors (Lipinski definition) is 0. The van der Waals surface area contributed by atoms with Crippen LogP contribution >= 0.6 is 0 Å². The lowest BCUT2D eigenvalue weighted by Crippen LogP contribution is -1.81. The van der Waals surface area contributed by atoms with Crippen LogP contribution in [-0.4, -0.2) is 5.97 Å². The summed E-state index contributed by atoms with van der Waals surface area (Å²) in [4.78, 5) is 9.98. The average Bonchev–Trinajstić information content (AvgIpc) is 2.14. The van der Waals surface area contributed by atoms with Gasteiger partial charge < -0.3 is 0 Å². The Morgan fingerprint density at radius 1 is 1.08 bits per heavy atom.